The summed E-state index contributed by atoms with van der Waals surface area (Å²) in [6.45, 7) is 1.32. The molecule has 0 saturated carbocycles. The number of imidazole rings is 2. The summed E-state index contributed by atoms with van der Waals surface area (Å²) in [7, 11) is 1.64. The highest BCUT2D eigenvalue weighted by Crippen LogP contribution is 2.32. The maximum Gasteiger partial charge on any atom is 0.243 e. The molecule has 1 saturated heterocycles. The second-order valence-electron chi connectivity index (χ2n) is 7.67. The van der Waals surface area contributed by atoms with Crippen LogP contribution in [0.5, 0.6) is 0 Å². The number of likely N-dealkylation sites (tertiary alicyclic amines) is 1. The Hall–Kier alpha value is -3.52. The van der Waals surface area contributed by atoms with Gasteiger partial charge in [0, 0.05) is 26.0 Å². The van der Waals surface area contributed by atoms with E-state index in [1.54, 1.807) is 19.6 Å². The minimum atomic E-state index is -0.0309. The molecule has 4 aromatic rings. The molecule has 0 spiro atoms. The van der Waals surface area contributed by atoms with Crippen molar-refractivity contribution in [3.63, 3.8) is 0 Å². The monoisotopic (exact) mass is 416 g/mol. The van der Waals surface area contributed by atoms with Crippen molar-refractivity contribution in [3.8, 4) is 5.82 Å². The van der Waals surface area contributed by atoms with E-state index < -0.39 is 0 Å². The number of fused-ring (bicyclic) bond motifs is 1. The van der Waals surface area contributed by atoms with Crippen molar-refractivity contribution < 1.29 is 9.53 Å². The first-order valence-electron chi connectivity index (χ1n) is 10.4. The normalized spacial score (nSPS) is 16.3. The zero-order valence-electron chi connectivity index (χ0n) is 17.4. The minimum absolute atomic E-state index is 0.0309. The van der Waals surface area contributed by atoms with Crippen molar-refractivity contribution in [2.45, 2.75) is 32.0 Å². The van der Waals surface area contributed by atoms with Gasteiger partial charge in [0.15, 0.2) is 0 Å². The lowest BCUT2D eigenvalue weighted by Gasteiger charge is -2.25. The predicted molar refractivity (Wildman–Crippen MR) is 115 cm³/mol. The van der Waals surface area contributed by atoms with E-state index in [0.29, 0.717) is 6.61 Å². The van der Waals surface area contributed by atoms with E-state index in [9.17, 15) is 4.79 Å². The number of aromatic nitrogens is 5. The molecule has 1 atom stereocenters. The molecule has 8 nitrogen and oxygen atoms in total. The summed E-state index contributed by atoms with van der Waals surface area (Å²) in [4.78, 5) is 28.9. The SMILES string of the molecule is COCc1nc2ccccc2n1CC(=O)N1CCC[C@H]1c1cccc(-n2ccnc2)n1. The van der Waals surface area contributed by atoms with Crippen LogP contribution in [-0.2, 0) is 22.7 Å². The summed E-state index contributed by atoms with van der Waals surface area (Å²) in [5, 5.41) is 0. The maximum absolute atomic E-state index is 13.4. The van der Waals surface area contributed by atoms with Crippen LogP contribution in [0.4, 0.5) is 0 Å². The summed E-state index contributed by atoms with van der Waals surface area (Å²) in [5.41, 5.74) is 2.72. The molecule has 0 unspecified atom stereocenters. The highest BCUT2D eigenvalue weighted by molar-refractivity contribution is 5.81. The molecular formula is C23H24N6O2. The number of pyridine rings is 1. The molecule has 0 N–H and O–H groups in total. The molecule has 1 fully saturated rings. The third-order valence-electron chi connectivity index (χ3n) is 5.74. The lowest BCUT2D eigenvalue weighted by Crippen LogP contribution is -2.34. The highest BCUT2D eigenvalue weighted by atomic mass is 16.5. The first-order chi connectivity index (χ1) is 15.2. The molecule has 0 radical (unpaired) electrons. The Labute approximate surface area is 180 Å². The summed E-state index contributed by atoms with van der Waals surface area (Å²) >= 11 is 0. The Morgan fingerprint density at radius 1 is 1.16 bits per heavy atom. The zero-order chi connectivity index (χ0) is 21.2. The molecule has 0 aliphatic carbocycles. The van der Waals surface area contributed by atoms with Gasteiger partial charge in [-0.05, 0) is 37.1 Å². The van der Waals surface area contributed by atoms with Crippen molar-refractivity contribution in [1.29, 1.82) is 0 Å². The van der Waals surface area contributed by atoms with Gasteiger partial charge in [-0.3, -0.25) is 9.36 Å². The number of benzene rings is 1. The van der Waals surface area contributed by atoms with E-state index in [1.807, 2.05) is 62.7 Å². The van der Waals surface area contributed by atoms with Crippen LogP contribution in [-0.4, -0.2) is 48.5 Å². The quantitative estimate of drug-likeness (QED) is 0.483. The fraction of sp³-hybridized carbons (Fsp3) is 0.304. The highest BCUT2D eigenvalue weighted by Gasteiger charge is 2.31. The molecule has 3 aromatic heterocycles. The largest absolute Gasteiger partial charge is 0.377 e. The third kappa shape index (κ3) is 3.70. The number of hydrogen-bond donors (Lipinski definition) is 0. The second-order valence-corrected chi connectivity index (χ2v) is 7.67. The van der Waals surface area contributed by atoms with Gasteiger partial charge in [0.1, 0.15) is 31.1 Å². The average molecular weight is 416 g/mol. The maximum atomic E-state index is 13.4. The first kappa shape index (κ1) is 19.4. The van der Waals surface area contributed by atoms with Crippen molar-refractivity contribution in [3.05, 3.63) is 72.7 Å². The third-order valence-corrected chi connectivity index (χ3v) is 5.74. The van der Waals surface area contributed by atoms with Crippen LogP contribution in [0.2, 0.25) is 0 Å². The summed E-state index contributed by atoms with van der Waals surface area (Å²) in [6, 6.07) is 13.8. The van der Waals surface area contributed by atoms with E-state index in [0.717, 1.165) is 47.8 Å². The fourth-order valence-electron chi connectivity index (χ4n) is 4.30. The Morgan fingerprint density at radius 3 is 2.90 bits per heavy atom. The van der Waals surface area contributed by atoms with Crippen LogP contribution < -0.4 is 0 Å². The van der Waals surface area contributed by atoms with Crippen molar-refractivity contribution >= 4 is 16.9 Å². The molecule has 1 amide bonds. The molecule has 8 heteroatoms. The molecule has 1 aliphatic heterocycles. The lowest BCUT2D eigenvalue weighted by molar-refractivity contribution is -0.132. The van der Waals surface area contributed by atoms with E-state index in [2.05, 4.69) is 9.97 Å². The lowest BCUT2D eigenvalue weighted by atomic mass is 10.1. The van der Waals surface area contributed by atoms with Crippen molar-refractivity contribution in [2.75, 3.05) is 13.7 Å². The molecule has 1 aromatic carbocycles. The molecule has 0 bridgehead atoms. The topological polar surface area (TPSA) is 78.1 Å². The molecule has 31 heavy (non-hydrogen) atoms. The number of ether oxygens (including phenoxy) is 1. The Bertz CT molecular complexity index is 1200. The van der Waals surface area contributed by atoms with Crippen LogP contribution in [0.15, 0.2) is 61.2 Å². The molecule has 5 rings (SSSR count). The second kappa shape index (κ2) is 8.31. The van der Waals surface area contributed by atoms with Crippen molar-refractivity contribution in [2.24, 2.45) is 0 Å². The van der Waals surface area contributed by atoms with Crippen LogP contribution in [0.3, 0.4) is 0 Å². The number of carbonyl (C=O) groups is 1. The predicted octanol–water partition coefficient (Wildman–Crippen LogP) is 3.13. The van der Waals surface area contributed by atoms with Gasteiger partial charge in [0.2, 0.25) is 5.91 Å². The van der Waals surface area contributed by atoms with Gasteiger partial charge < -0.3 is 14.2 Å². The first-order valence-corrected chi connectivity index (χ1v) is 10.4. The Kier molecular flexibility index (Phi) is 5.21. The van der Waals surface area contributed by atoms with Gasteiger partial charge in [-0.15, -0.1) is 0 Å². The van der Waals surface area contributed by atoms with E-state index in [-0.39, 0.29) is 18.5 Å². The molecular weight excluding hydrogens is 392 g/mol. The molecule has 1 aliphatic rings. The van der Waals surface area contributed by atoms with Gasteiger partial charge in [0.05, 0.1) is 22.8 Å². The summed E-state index contributed by atoms with van der Waals surface area (Å²) < 4.78 is 9.16. The van der Waals surface area contributed by atoms with E-state index >= 15 is 0 Å². The number of para-hydroxylation sites is 2. The van der Waals surface area contributed by atoms with Crippen molar-refractivity contribution in [1.82, 2.24) is 29.0 Å². The number of carbonyl (C=O) groups excluding carboxylic acids is 1. The van der Waals surface area contributed by atoms with E-state index in [1.165, 1.54) is 0 Å². The number of hydrogen-bond acceptors (Lipinski definition) is 5. The number of nitrogens with zero attached hydrogens (tertiary/aromatic N) is 6. The molecule has 4 heterocycles. The van der Waals surface area contributed by atoms with Crippen LogP contribution >= 0.6 is 0 Å². The summed E-state index contributed by atoms with van der Waals surface area (Å²) in [6.07, 6.45) is 7.19. The van der Waals surface area contributed by atoms with Gasteiger partial charge in [-0.25, -0.2) is 15.0 Å². The zero-order valence-corrected chi connectivity index (χ0v) is 17.4. The number of amides is 1. The Balaban J connectivity index is 1.42. The molecule has 158 valence electrons. The van der Waals surface area contributed by atoms with Gasteiger partial charge in [-0.2, -0.15) is 0 Å². The smallest absolute Gasteiger partial charge is 0.243 e. The van der Waals surface area contributed by atoms with Gasteiger partial charge >= 0.3 is 0 Å². The van der Waals surface area contributed by atoms with Crippen LogP contribution in [0.1, 0.15) is 30.4 Å². The van der Waals surface area contributed by atoms with Crippen LogP contribution in [0, 0.1) is 0 Å². The number of methoxy groups -OCH3 is 1. The summed E-state index contributed by atoms with van der Waals surface area (Å²) in [5.74, 6) is 1.63. The minimum Gasteiger partial charge on any atom is -0.377 e. The van der Waals surface area contributed by atoms with Crippen LogP contribution in [0.25, 0.3) is 16.9 Å². The standard InChI is InChI=1S/C23H24N6O2/c1-31-15-22-26-17-6-2-3-8-20(17)29(22)14-23(30)28-12-5-9-19(28)18-7-4-10-21(25-18)27-13-11-24-16-27/h2-4,6-8,10-11,13,16,19H,5,9,12,14-15H2,1H3/t19-/m0/s1. The van der Waals surface area contributed by atoms with Gasteiger partial charge in [-0.1, -0.05) is 18.2 Å². The number of rotatable bonds is 6. The fourth-order valence-corrected chi connectivity index (χ4v) is 4.30. The average Bonchev–Trinajstić information content (AvgIpc) is 3.55. The van der Waals surface area contributed by atoms with E-state index in [4.69, 9.17) is 9.72 Å². The van der Waals surface area contributed by atoms with Gasteiger partial charge in [0.25, 0.3) is 0 Å². The Morgan fingerprint density at radius 2 is 2.06 bits per heavy atom.